The maximum absolute atomic E-state index is 5.59. The van der Waals surface area contributed by atoms with E-state index in [-0.39, 0.29) is 0 Å². The van der Waals surface area contributed by atoms with Crippen molar-refractivity contribution in [1.82, 2.24) is 9.88 Å². The molecule has 100 valence electrons. The van der Waals surface area contributed by atoms with Crippen molar-refractivity contribution in [3.05, 3.63) is 23.9 Å². The fourth-order valence-corrected chi connectivity index (χ4v) is 2.62. The first kappa shape index (κ1) is 13.3. The highest BCUT2D eigenvalue weighted by molar-refractivity contribution is 5.39. The second-order valence-corrected chi connectivity index (χ2v) is 5.56. The van der Waals surface area contributed by atoms with Crippen LogP contribution in [-0.4, -0.2) is 43.1 Å². The number of hydrogen-bond donors (Lipinski definition) is 1. The molecule has 0 unspecified atom stereocenters. The van der Waals surface area contributed by atoms with E-state index in [2.05, 4.69) is 48.1 Å². The number of nitrogens with zero attached hydrogens (tertiary/aromatic N) is 3. The van der Waals surface area contributed by atoms with Gasteiger partial charge in [0.15, 0.2) is 0 Å². The van der Waals surface area contributed by atoms with Gasteiger partial charge in [-0.15, -0.1) is 0 Å². The van der Waals surface area contributed by atoms with E-state index in [0.29, 0.717) is 12.1 Å². The standard InChI is InChI=1S/C14H24N4/c1-17(2)14(7-4-8-14)11-18(3)13-6-5-12(9-15)10-16-13/h5-6,10H,4,7-9,11,15H2,1-3H3. The van der Waals surface area contributed by atoms with Crippen LogP contribution in [-0.2, 0) is 6.54 Å². The Morgan fingerprint density at radius 1 is 1.28 bits per heavy atom. The van der Waals surface area contributed by atoms with Gasteiger partial charge >= 0.3 is 0 Å². The summed E-state index contributed by atoms with van der Waals surface area (Å²) in [6.07, 6.45) is 5.77. The van der Waals surface area contributed by atoms with E-state index in [1.54, 1.807) is 0 Å². The van der Waals surface area contributed by atoms with E-state index in [9.17, 15) is 0 Å². The zero-order valence-corrected chi connectivity index (χ0v) is 11.7. The number of aromatic nitrogens is 1. The number of hydrogen-bond acceptors (Lipinski definition) is 4. The van der Waals surface area contributed by atoms with Gasteiger partial charge in [0.2, 0.25) is 0 Å². The Bertz CT molecular complexity index is 381. The minimum Gasteiger partial charge on any atom is -0.358 e. The Labute approximate surface area is 110 Å². The van der Waals surface area contributed by atoms with Crippen molar-refractivity contribution in [2.45, 2.75) is 31.3 Å². The third-order valence-corrected chi connectivity index (χ3v) is 4.20. The van der Waals surface area contributed by atoms with Gasteiger partial charge in [-0.25, -0.2) is 4.98 Å². The molecule has 4 heteroatoms. The van der Waals surface area contributed by atoms with E-state index in [4.69, 9.17) is 5.73 Å². The van der Waals surface area contributed by atoms with Gasteiger partial charge in [-0.05, 0) is 45.0 Å². The summed E-state index contributed by atoms with van der Waals surface area (Å²) < 4.78 is 0. The lowest BCUT2D eigenvalue weighted by Crippen LogP contribution is -2.56. The lowest BCUT2D eigenvalue weighted by atomic mass is 9.75. The van der Waals surface area contributed by atoms with Gasteiger partial charge in [-0.1, -0.05) is 6.07 Å². The predicted octanol–water partition coefficient (Wildman–Crippen LogP) is 1.46. The molecular formula is C14H24N4. The molecule has 0 atom stereocenters. The topological polar surface area (TPSA) is 45.4 Å². The molecule has 0 saturated heterocycles. The minimum absolute atomic E-state index is 0.336. The zero-order valence-electron chi connectivity index (χ0n) is 11.7. The van der Waals surface area contributed by atoms with Crippen molar-refractivity contribution in [3.63, 3.8) is 0 Å². The summed E-state index contributed by atoms with van der Waals surface area (Å²) in [6.45, 7) is 1.59. The summed E-state index contributed by atoms with van der Waals surface area (Å²) in [5.74, 6) is 1.03. The maximum Gasteiger partial charge on any atom is 0.128 e. The van der Waals surface area contributed by atoms with E-state index >= 15 is 0 Å². The Kier molecular flexibility index (Phi) is 3.88. The van der Waals surface area contributed by atoms with Crippen LogP contribution in [0.15, 0.2) is 18.3 Å². The van der Waals surface area contributed by atoms with E-state index in [0.717, 1.165) is 17.9 Å². The number of anilines is 1. The molecule has 1 heterocycles. The summed E-state index contributed by atoms with van der Waals surface area (Å²) in [5, 5.41) is 0. The molecule has 2 N–H and O–H groups in total. The first-order valence-electron chi connectivity index (χ1n) is 6.61. The van der Waals surface area contributed by atoms with E-state index in [1.807, 2.05) is 6.20 Å². The number of likely N-dealkylation sites (N-methyl/N-ethyl adjacent to an activating group) is 2. The number of pyridine rings is 1. The normalized spacial score (nSPS) is 17.6. The lowest BCUT2D eigenvalue weighted by molar-refractivity contribution is 0.0682. The SMILES string of the molecule is CN(CC1(N(C)C)CCC1)c1ccc(CN)cn1. The van der Waals surface area contributed by atoms with Gasteiger partial charge in [0.05, 0.1) is 0 Å². The molecule has 1 aliphatic carbocycles. The molecule has 0 amide bonds. The average Bonchev–Trinajstić information content (AvgIpc) is 2.33. The molecular weight excluding hydrogens is 224 g/mol. The summed E-state index contributed by atoms with van der Waals surface area (Å²) in [7, 11) is 6.48. The van der Waals surface area contributed by atoms with Crippen molar-refractivity contribution in [2.75, 3.05) is 32.6 Å². The van der Waals surface area contributed by atoms with Crippen LogP contribution in [0.3, 0.4) is 0 Å². The summed E-state index contributed by atoms with van der Waals surface area (Å²) >= 11 is 0. The monoisotopic (exact) mass is 248 g/mol. The van der Waals surface area contributed by atoms with Crippen molar-refractivity contribution in [1.29, 1.82) is 0 Å². The molecule has 1 fully saturated rings. The molecule has 0 radical (unpaired) electrons. The van der Waals surface area contributed by atoms with E-state index < -0.39 is 0 Å². The third-order valence-electron chi connectivity index (χ3n) is 4.20. The lowest BCUT2D eigenvalue weighted by Gasteiger charge is -2.49. The van der Waals surface area contributed by atoms with Crippen molar-refractivity contribution in [3.8, 4) is 0 Å². The molecule has 0 bridgehead atoms. The number of rotatable bonds is 5. The molecule has 0 spiro atoms. The van der Waals surface area contributed by atoms with Crippen molar-refractivity contribution >= 4 is 5.82 Å². The summed E-state index contributed by atoms with van der Waals surface area (Å²) in [5.41, 5.74) is 7.01. The molecule has 1 aromatic heterocycles. The summed E-state index contributed by atoms with van der Waals surface area (Å²) in [6, 6.07) is 4.12. The van der Waals surface area contributed by atoms with Crippen LogP contribution in [0.1, 0.15) is 24.8 Å². The highest BCUT2D eigenvalue weighted by Gasteiger charge is 2.40. The Morgan fingerprint density at radius 3 is 2.39 bits per heavy atom. The minimum atomic E-state index is 0.336. The van der Waals surface area contributed by atoms with Crippen LogP contribution in [0, 0.1) is 0 Å². The van der Waals surface area contributed by atoms with Crippen LogP contribution in [0.5, 0.6) is 0 Å². The van der Waals surface area contributed by atoms with Crippen molar-refractivity contribution in [2.24, 2.45) is 5.73 Å². The zero-order chi connectivity index (χ0) is 13.2. The predicted molar refractivity (Wildman–Crippen MR) is 75.7 cm³/mol. The smallest absolute Gasteiger partial charge is 0.128 e. The van der Waals surface area contributed by atoms with Crippen LogP contribution in [0.4, 0.5) is 5.82 Å². The van der Waals surface area contributed by atoms with Crippen LogP contribution >= 0.6 is 0 Å². The quantitative estimate of drug-likeness (QED) is 0.857. The van der Waals surface area contributed by atoms with Gasteiger partial charge in [0.25, 0.3) is 0 Å². The van der Waals surface area contributed by atoms with Gasteiger partial charge in [0.1, 0.15) is 5.82 Å². The molecule has 1 aromatic rings. The average molecular weight is 248 g/mol. The maximum atomic E-state index is 5.59. The van der Waals surface area contributed by atoms with Gasteiger partial charge in [-0.2, -0.15) is 0 Å². The molecule has 0 aromatic carbocycles. The molecule has 0 aliphatic heterocycles. The molecule has 1 saturated carbocycles. The summed E-state index contributed by atoms with van der Waals surface area (Å²) in [4.78, 5) is 9.09. The van der Waals surface area contributed by atoms with Crippen molar-refractivity contribution < 1.29 is 0 Å². The van der Waals surface area contributed by atoms with Crippen LogP contribution in [0.2, 0.25) is 0 Å². The molecule has 2 rings (SSSR count). The fraction of sp³-hybridized carbons (Fsp3) is 0.643. The van der Waals surface area contributed by atoms with Crippen LogP contribution < -0.4 is 10.6 Å². The third kappa shape index (κ3) is 2.49. The fourth-order valence-electron chi connectivity index (χ4n) is 2.62. The number of nitrogens with two attached hydrogens (primary N) is 1. The highest BCUT2D eigenvalue weighted by Crippen LogP contribution is 2.37. The Hall–Kier alpha value is -1.13. The molecule has 4 nitrogen and oxygen atoms in total. The second kappa shape index (κ2) is 5.24. The largest absolute Gasteiger partial charge is 0.358 e. The molecule has 18 heavy (non-hydrogen) atoms. The second-order valence-electron chi connectivity index (χ2n) is 5.56. The van der Waals surface area contributed by atoms with Gasteiger partial charge in [-0.3, -0.25) is 0 Å². The highest BCUT2D eigenvalue weighted by atomic mass is 15.2. The van der Waals surface area contributed by atoms with Gasteiger partial charge < -0.3 is 15.5 Å². The first-order chi connectivity index (χ1) is 8.57. The first-order valence-corrected chi connectivity index (χ1v) is 6.61. The van der Waals surface area contributed by atoms with Crippen LogP contribution in [0.25, 0.3) is 0 Å². The molecule has 1 aliphatic rings. The Morgan fingerprint density at radius 2 is 2.00 bits per heavy atom. The van der Waals surface area contributed by atoms with Gasteiger partial charge in [0, 0.05) is 31.9 Å². The Balaban J connectivity index is 2.04. The van der Waals surface area contributed by atoms with E-state index in [1.165, 1.54) is 19.3 Å².